The van der Waals surface area contributed by atoms with Crippen LogP contribution >= 0.6 is 0 Å². The number of nitrogens with two attached hydrogens (primary N) is 1. The molecule has 4 N–H and O–H groups in total. The fourth-order valence-electron chi connectivity index (χ4n) is 2.45. The molecule has 1 aliphatic rings. The molecule has 3 atom stereocenters. The topological polar surface area (TPSA) is 128 Å². The number of hydrogen-bond donors (Lipinski definition) is 3. The number of rotatable bonds is 2. The maximum Gasteiger partial charge on any atom is 0.350 e. The SMILES string of the molecule is Cn1c(=O)nc(N)c2ncn([C@H]3C[C@H](O)[C@@H](CO)O3)c21. The minimum atomic E-state index is -0.765. The van der Waals surface area contributed by atoms with Gasteiger partial charge in [-0.25, -0.2) is 9.78 Å². The molecule has 1 fully saturated rings. The van der Waals surface area contributed by atoms with E-state index in [2.05, 4.69) is 9.97 Å². The average Bonchev–Trinajstić information content (AvgIpc) is 2.99. The molecule has 9 nitrogen and oxygen atoms in total. The van der Waals surface area contributed by atoms with Crippen LogP contribution in [0, 0.1) is 0 Å². The normalized spacial score (nSPS) is 26.4. The lowest BCUT2D eigenvalue weighted by Gasteiger charge is -2.15. The highest BCUT2D eigenvalue weighted by atomic mass is 16.5. The van der Waals surface area contributed by atoms with Gasteiger partial charge in [-0.05, 0) is 0 Å². The molecular weight excluding hydrogens is 266 g/mol. The average molecular weight is 281 g/mol. The third-order valence-electron chi connectivity index (χ3n) is 3.53. The van der Waals surface area contributed by atoms with E-state index in [1.807, 2.05) is 0 Å². The van der Waals surface area contributed by atoms with Crippen LogP contribution in [0.25, 0.3) is 11.2 Å². The Labute approximate surface area is 113 Å². The van der Waals surface area contributed by atoms with Gasteiger partial charge in [-0.2, -0.15) is 4.98 Å². The van der Waals surface area contributed by atoms with Crippen molar-refractivity contribution in [1.29, 1.82) is 0 Å². The van der Waals surface area contributed by atoms with E-state index in [9.17, 15) is 9.90 Å². The van der Waals surface area contributed by atoms with Gasteiger partial charge >= 0.3 is 5.69 Å². The highest BCUT2D eigenvalue weighted by Gasteiger charge is 2.35. The summed E-state index contributed by atoms with van der Waals surface area (Å²) >= 11 is 0. The summed E-state index contributed by atoms with van der Waals surface area (Å²) < 4.78 is 8.50. The van der Waals surface area contributed by atoms with Gasteiger partial charge in [0.05, 0.1) is 19.0 Å². The molecule has 3 heterocycles. The van der Waals surface area contributed by atoms with Crippen LogP contribution in [0.3, 0.4) is 0 Å². The number of nitrogen functional groups attached to an aromatic ring is 1. The summed E-state index contributed by atoms with van der Waals surface area (Å²) in [5, 5.41) is 18.9. The van der Waals surface area contributed by atoms with Crippen LogP contribution in [0.4, 0.5) is 5.82 Å². The van der Waals surface area contributed by atoms with E-state index in [0.717, 1.165) is 0 Å². The van der Waals surface area contributed by atoms with Crippen molar-refractivity contribution in [3.63, 3.8) is 0 Å². The van der Waals surface area contributed by atoms with E-state index in [0.29, 0.717) is 17.6 Å². The molecule has 3 rings (SSSR count). The number of imidazole rings is 1. The van der Waals surface area contributed by atoms with E-state index < -0.39 is 24.1 Å². The summed E-state index contributed by atoms with van der Waals surface area (Å²) in [5.41, 5.74) is 6.07. The first-order chi connectivity index (χ1) is 9.52. The van der Waals surface area contributed by atoms with Crippen molar-refractivity contribution in [1.82, 2.24) is 19.1 Å². The Morgan fingerprint density at radius 2 is 2.35 bits per heavy atom. The zero-order valence-electron chi connectivity index (χ0n) is 10.8. The van der Waals surface area contributed by atoms with Crippen molar-refractivity contribution in [2.45, 2.75) is 24.9 Å². The number of aryl methyl sites for hydroxylation is 1. The molecule has 0 aliphatic carbocycles. The van der Waals surface area contributed by atoms with E-state index in [-0.39, 0.29) is 12.4 Å². The van der Waals surface area contributed by atoms with Gasteiger partial charge in [0.1, 0.15) is 23.5 Å². The number of hydrogen-bond acceptors (Lipinski definition) is 7. The maximum atomic E-state index is 11.7. The number of nitrogens with zero attached hydrogens (tertiary/aromatic N) is 4. The Hall–Kier alpha value is -1.97. The van der Waals surface area contributed by atoms with E-state index in [1.54, 1.807) is 11.6 Å². The molecule has 0 amide bonds. The predicted octanol–water partition coefficient (Wildman–Crippen LogP) is -1.65. The summed E-state index contributed by atoms with van der Waals surface area (Å²) in [6, 6.07) is 0. The molecule has 0 spiro atoms. The first-order valence-corrected chi connectivity index (χ1v) is 6.16. The number of aliphatic hydroxyl groups is 2. The minimum Gasteiger partial charge on any atom is -0.394 e. The molecule has 108 valence electrons. The third-order valence-corrected chi connectivity index (χ3v) is 3.53. The van der Waals surface area contributed by atoms with Gasteiger partial charge < -0.3 is 20.7 Å². The Balaban J connectivity index is 2.12. The molecule has 20 heavy (non-hydrogen) atoms. The molecule has 0 aromatic carbocycles. The van der Waals surface area contributed by atoms with Crippen molar-refractivity contribution in [3.05, 3.63) is 16.8 Å². The van der Waals surface area contributed by atoms with Gasteiger partial charge in [-0.1, -0.05) is 0 Å². The Kier molecular flexibility index (Phi) is 2.96. The van der Waals surface area contributed by atoms with Crippen LogP contribution in [0.2, 0.25) is 0 Å². The van der Waals surface area contributed by atoms with E-state index >= 15 is 0 Å². The first-order valence-electron chi connectivity index (χ1n) is 6.16. The van der Waals surface area contributed by atoms with Gasteiger partial charge in [-0.15, -0.1) is 0 Å². The van der Waals surface area contributed by atoms with Crippen molar-refractivity contribution in [2.24, 2.45) is 7.05 Å². The highest BCUT2D eigenvalue weighted by molar-refractivity contribution is 5.81. The second-order valence-electron chi connectivity index (χ2n) is 4.78. The third kappa shape index (κ3) is 1.79. The number of fused-ring (bicyclic) bond motifs is 1. The van der Waals surface area contributed by atoms with Crippen LogP contribution in [0.15, 0.2) is 11.1 Å². The number of aromatic nitrogens is 4. The van der Waals surface area contributed by atoms with Crippen LogP contribution in [0.1, 0.15) is 12.6 Å². The fourth-order valence-corrected chi connectivity index (χ4v) is 2.45. The van der Waals surface area contributed by atoms with Gasteiger partial charge in [0.2, 0.25) is 0 Å². The second kappa shape index (κ2) is 4.54. The molecule has 2 aromatic heterocycles. The lowest BCUT2D eigenvalue weighted by Crippen LogP contribution is -2.25. The fraction of sp³-hybridized carbons (Fsp3) is 0.545. The second-order valence-corrected chi connectivity index (χ2v) is 4.78. The molecule has 0 saturated carbocycles. The summed E-state index contributed by atoms with van der Waals surface area (Å²) in [5.74, 6) is 0.0547. The van der Waals surface area contributed by atoms with E-state index in [4.69, 9.17) is 15.6 Å². The Bertz CT molecular complexity index is 709. The Morgan fingerprint density at radius 1 is 1.60 bits per heavy atom. The summed E-state index contributed by atoms with van der Waals surface area (Å²) in [6.07, 6.45) is -0.140. The van der Waals surface area contributed by atoms with Gasteiger partial charge in [-0.3, -0.25) is 9.13 Å². The summed E-state index contributed by atoms with van der Waals surface area (Å²) in [4.78, 5) is 19.5. The molecule has 0 bridgehead atoms. The van der Waals surface area contributed by atoms with Gasteiger partial charge in [0, 0.05) is 13.5 Å². The minimum absolute atomic E-state index is 0.0547. The zero-order valence-corrected chi connectivity index (χ0v) is 10.8. The van der Waals surface area contributed by atoms with E-state index in [1.165, 1.54) is 10.9 Å². The zero-order chi connectivity index (χ0) is 14.4. The number of anilines is 1. The lowest BCUT2D eigenvalue weighted by atomic mass is 10.2. The van der Waals surface area contributed by atoms with Crippen molar-refractivity contribution in [2.75, 3.05) is 12.3 Å². The molecule has 1 saturated heterocycles. The molecule has 9 heteroatoms. The van der Waals surface area contributed by atoms with Crippen LogP contribution in [0.5, 0.6) is 0 Å². The smallest absolute Gasteiger partial charge is 0.350 e. The van der Waals surface area contributed by atoms with Crippen molar-refractivity contribution in [3.8, 4) is 0 Å². The van der Waals surface area contributed by atoms with Crippen LogP contribution in [-0.4, -0.2) is 48.1 Å². The highest BCUT2D eigenvalue weighted by Crippen LogP contribution is 2.31. The number of ether oxygens (including phenoxy) is 1. The van der Waals surface area contributed by atoms with Gasteiger partial charge in [0.15, 0.2) is 5.82 Å². The van der Waals surface area contributed by atoms with Crippen molar-refractivity contribution < 1.29 is 14.9 Å². The largest absolute Gasteiger partial charge is 0.394 e. The lowest BCUT2D eigenvalue weighted by molar-refractivity contribution is -0.0433. The summed E-state index contributed by atoms with van der Waals surface area (Å²) in [6.45, 7) is -0.271. The Morgan fingerprint density at radius 3 is 3.00 bits per heavy atom. The van der Waals surface area contributed by atoms with Crippen molar-refractivity contribution >= 4 is 17.0 Å². The number of aliphatic hydroxyl groups excluding tert-OH is 2. The monoisotopic (exact) mass is 281 g/mol. The maximum absolute atomic E-state index is 11.7. The molecule has 1 aliphatic heterocycles. The van der Waals surface area contributed by atoms with Crippen LogP contribution < -0.4 is 11.4 Å². The van der Waals surface area contributed by atoms with Crippen LogP contribution in [-0.2, 0) is 11.8 Å². The first kappa shape index (κ1) is 13.0. The molecule has 0 radical (unpaired) electrons. The molecule has 2 aromatic rings. The molecular formula is C11H15N5O4. The quantitative estimate of drug-likeness (QED) is 0.601. The van der Waals surface area contributed by atoms with Gasteiger partial charge in [0.25, 0.3) is 0 Å². The predicted molar refractivity (Wildman–Crippen MR) is 68.8 cm³/mol. The molecule has 0 unspecified atom stereocenters. The summed E-state index contributed by atoms with van der Waals surface area (Å²) in [7, 11) is 1.56. The standard InChI is InChI=1S/C11H15N5O4/c1-15-10-8(9(12)14-11(15)19)13-4-16(10)7-2-5(18)6(3-17)20-7/h4-7,17-18H,2-3H2,1H3,(H2,12,14,19)/t5-,6+,7+/m0/s1.